The smallest absolute Gasteiger partial charge is 0.330 e. The van der Waals surface area contributed by atoms with E-state index in [1.807, 2.05) is 13.8 Å². The van der Waals surface area contributed by atoms with Gasteiger partial charge in [0.25, 0.3) is 0 Å². The van der Waals surface area contributed by atoms with Crippen molar-refractivity contribution in [1.82, 2.24) is 0 Å². The van der Waals surface area contributed by atoms with Gasteiger partial charge in [0.1, 0.15) is 0 Å². The molecule has 0 bridgehead atoms. The molecule has 4 unspecified atom stereocenters. The molecule has 5 heteroatoms. The van der Waals surface area contributed by atoms with Crippen molar-refractivity contribution in [2.75, 3.05) is 7.11 Å². The third kappa shape index (κ3) is 2.87. The molecule has 1 heterocycles. The number of hydrogen-bond donors (Lipinski definition) is 1. The highest BCUT2D eigenvalue weighted by Crippen LogP contribution is 2.69. The third-order valence-electron chi connectivity index (χ3n) is 9.85. The molecule has 9 atom stereocenters. The first-order valence-electron chi connectivity index (χ1n) is 11.9. The Kier molecular flexibility index (Phi) is 4.75. The Morgan fingerprint density at radius 1 is 1.03 bits per heavy atom. The molecule has 30 heavy (non-hydrogen) atoms. The molecule has 4 aliphatic carbocycles. The zero-order valence-electron chi connectivity index (χ0n) is 19.1. The number of hydrogen-bond acceptors (Lipinski definition) is 5. The van der Waals surface area contributed by atoms with Crippen molar-refractivity contribution < 1.29 is 24.1 Å². The highest BCUT2D eigenvalue weighted by molar-refractivity contribution is 5.83. The average Bonchev–Trinajstić information content (AvgIpc) is 3.18. The van der Waals surface area contributed by atoms with Crippen molar-refractivity contribution in [3.63, 3.8) is 0 Å². The number of methoxy groups -OCH3 is 1. The molecule has 0 spiro atoms. The van der Waals surface area contributed by atoms with E-state index in [-0.39, 0.29) is 35.1 Å². The predicted octanol–water partition coefficient (Wildman–Crippen LogP) is 4.23. The largest absolute Gasteiger partial charge is 0.466 e. The molecular formula is C25H38O5. The van der Waals surface area contributed by atoms with Crippen molar-refractivity contribution >= 4 is 5.97 Å². The summed E-state index contributed by atoms with van der Waals surface area (Å²) in [5.74, 6) is 1.07. The van der Waals surface area contributed by atoms with Crippen LogP contribution in [0.3, 0.4) is 0 Å². The van der Waals surface area contributed by atoms with Crippen LogP contribution in [0.1, 0.15) is 72.6 Å². The van der Waals surface area contributed by atoms with E-state index in [2.05, 4.69) is 13.8 Å². The lowest BCUT2D eigenvalue weighted by Crippen LogP contribution is -2.63. The fourth-order valence-electron chi connectivity index (χ4n) is 8.45. The van der Waals surface area contributed by atoms with Crippen LogP contribution in [0.4, 0.5) is 0 Å². The van der Waals surface area contributed by atoms with Gasteiger partial charge < -0.3 is 19.3 Å². The summed E-state index contributed by atoms with van der Waals surface area (Å²) in [7, 11) is 1.46. The molecule has 0 aromatic heterocycles. The Morgan fingerprint density at radius 2 is 1.77 bits per heavy atom. The highest BCUT2D eigenvalue weighted by Gasteiger charge is 2.67. The summed E-state index contributed by atoms with van der Waals surface area (Å²) in [4.78, 5) is 12.0. The van der Waals surface area contributed by atoms with Gasteiger partial charge in [-0.05, 0) is 93.3 Å². The summed E-state index contributed by atoms with van der Waals surface area (Å²) in [6.45, 7) is 8.91. The summed E-state index contributed by atoms with van der Waals surface area (Å²) < 4.78 is 18.1. The fourth-order valence-corrected chi connectivity index (χ4v) is 8.45. The van der Waals surface area contributed by atoms with Crippen molar-refractivity contribution in [2.45, 2.75) is 96.7 Å². The average molecular weight is 419 g/mol. The zero-order chi connectivity index (χ0) is 21.5. The summed E-state index contributed by atoms with van der Waals surface area (Å²) in [5, 5.41) is 10.5. The first-order valence-corrected chi connectivity index (χ1v) is 11.9. The summed E-state index contributed by atoms with van der Waals surface area (Å²) in [6.07, 6.45) is 8.83. The Hall–Kier alpha value is -0.910. The first-order chi connectivity index (χ1) is 14.1. The van der Waals surface area contributed by atoms with Gasteiger partial charge in [-0.1, -0.05) is 19.4 Å². The van der Waals surface area contributed by atoms with Crippen LogP contribution in [0, 0.1) is 34.5 Å². The van der Waals surface area contributed by atoms with Crippen LogP contribution in [0.5, 0.6) is 0 Å². The van der Waals surface area contributed by atoms with E-state index in [4.69, 9.17) is 14.2 Å². The standard InChI is InChI=1S/C25H38O5/c1-23(2)29-21-18-13-15(26)8-10-25(18,4)17-9-11-24(3)14(12-19(27)28-5)6-7-16(24)20(17)22(21)30-23/h12,15-18,20-22,26H,6-11,13H2,1-5H3/b14-12+/t15-,16?,17?,18?,20?,21+,22+,24+,25+/m0/s1. The van der Waals surface area contributed by atoms with Crippen LogP contribution < -0.4 is 0 Å². The molecule has 1 N–H and O–H groups in total. The van der Waals surface area contributed by atoms with E-state index >= 15 is 0 Å². The number of allylic oxidation sites excluding steroid dienone is 1. The molecule has 1 aliphatic heterocycles. The van der Waals surface area contributed by atoms with Gasteiger partial charge in [0.2, 0.25) is 0 Å². The number of aliphatic hydroxyl groups is 1. The van der Waals surface area contributed by atoms with Crippen LogP contribution in [0.2, 0.25) is 0 Å². The molecular weight excluding hydrogens is 380 g/mol. The molecule has 0 amide bonds. The van der Waals surface area contributed by atoms with Crippen LogP contribution in [-0.2, 0) is 19.0 Å². The minimum atomic E-state index is -0.579. The van der Waals surface area contributed by atoms with E-state index in [9.17, 15) is 9.90 Å². The molecule has 5 rings (SSSR count). The monoisotopic (exact) mass is 418 g/mol. The van der Waals surface area contributed by atoms with E-state index in [1.54, 1.807) is 6.08 Å². The molecule has 5 nitrogen and oxygen atoms in total. The minimum absolute atomic E-state index is 0.0351. The number of fused-ring (bicyclic) bond motifs is 8. The van der Waals surface area contributed by atoms with E-state index in [1.165, 1.54) is 12.7 Å². The van der Waals surface area contributed by atoms with Gasteiger partial charge in [0.15, 0.2) is 5.79 Å². The van der Waals surface area contributed by atoms with Crippen LogP contribution >= 0.6 is 0 Å². The molecule has 4 saturated carbocycles. The van der Waals surface area contributed by atoms with E-state index in [0.29, 0.717) is 23.7 Å². The molecule has 5 aliphatic rings. The molecule has 0 aromatic rings. The Labute approximate surface area is 180 Å². The van der Waals surface area contributed by atoms with Gasteiger partial charge in [-0.3, -0.25) is 0 Å². The van der Waals surface area contributed by atoms with Crippen molar-refractivity contribution in [1.29, 1.82) is 0 Å². The number of ether oxygens (including phenoxy) is 3. The number of esters is 1. The van der Waals surface area contributed by atoms with Crippen molar-refractivity contribution in [2.24, 2.45) is 34.5 Å². The second kappa shape index (κ2) is 6.79. The van der Waals surface area contributed by atoms with Crippen LogP contribution in [-0.4, -0.2) is 42.3 Å². The minimum Gasteiger partial charge on any atom is -0.466 e. The second-order valence-corrected chi connectivity index (χ2v) is 11.6. The fraction of sp³-hybridized carbons (Fsp3) is 0.880. The van der Waals surface area contributed by atoms with Gasteiger partial charge in [-0.2, -0.15) is 0 Å². The van der Waals surface area contributed by atoms with Gasteiger partial charge >= 0.3 is 5.97 Å². The van der Waals surface area contributed by atoms with Crippen molar-refractivity contribution in [3.05, 3.63) is 11.6 Å². The Bertz CT molecular complexity index is 759. The second-order valence-electron chi connectivity index (χ2n) is 11.6. The van der Waals surface area contributed by atoms with Crippen LogP contribution in [0.25, 0.3) is 0 Å². The van der Waals surface area contributed by atoms with Gasteiger partial charge in [0.05, 0.1) is 25.4 Å². The Morgan fingerprint density at radius 3 is 2.50 bits per heavy atom. The molecule has 5 fully saturated rings. The predicted molar refractivity (Wildman–Crippen MR) is 112 cm³/mol. The maximum absolute atomic E-state index is 12.0. The van der Waals surface area contributed by atoms with Gasteiger partial charge in [-0.25, -0.2) is 4.79 Å². The third-order valence-corrected chi connectivity index (χ3v) is 9.85. The topological polar surface area (TPSA) is 65.0 Å². The SMILES string of the molecule is COC(=O)/C=C1\CCC2C3C(CC[C@]12C)[C@@]1(C)CC[C@H](O)CC1[C@H]1OC(C)(C)O[C@H]31. The summed E-state index contributed by atoms with van der Waals surface area (Å²) in [5.41, 5.74) is 1.48. The summed E-state index contributed by atoms with van der Waals surface area (Å²) in [6, 6.07) is 0. The zero-order valence-corrected chi connectivity index (χ0v) is 19.1. The number of carbonyl (C=O) groups is 1. The first kappa shape index (κ1) is 21.0. The van der Waals surface area contributed by atoms with E-state index in [0.717, 1.165) is 44.9 Å². The number of aliphatic hydroxyl groups excluding tert-OH is 1. The Balaban J connectivity index is 1.55. The van der Waals surface area contributed by atoms with E-state index < -0.39 is 5.79 Å². The number of rotatable bonds is 1. The maximum Gasteiger partial charge on any atom is 0.330 e. The highest BCUT2D eigenvalue weighted by atomic mass is 16.8. The lowest BCUT2D eigenvalue weighted by atomic mass is 9.43. The normalized spacial score (nSPS) is 52.9. The molecule has 0 radical (unpaired) electrons. The van der Waals surface area contributed by atoms with Gasteiger partial charge in [-0.15, -0.1) is 0 Å². The van der Waals surface area contributed by atoms with Crippen molar-refractivity contribution in [3.8, 4) is 0 Å². The molecule has 1 saturated heterocycles. The van der Waals surface area contributed by atoms with Gasteiger partial charge in [0, 0.05) is 6.08 Å². The van der Waals surface area contributed by atoms with Crippen LogP contribution in [0.15, 0.2) is 11.6 Å². The lowest BCUT2D eigenvalue weighted by molar-refractivity contribution is -0.182. The lowest BCUT2D eigenvalue weighted by Gasteiger charge is -2.62. The molecule has 168 valence electrons. The summed E-state index contributed by atoms with van der Waals surface area (Å²) >= 11 is 0. The molecule has 0 aromatic carbocycles. The quantitative estimate of drug-likeness (QED) is 0.510. The maximum atomic E-state index is 12.0. The number of carbonyl (C=O) groups excluding carboxylic acids is 1.